The first kappa shape index (κ1) is 20.4. The summed E-state index contributed by atoms with van der Waals surface area (Å²) in [5, 5.41) is 8.95. The molecule has 0 radical (unpaired) electrons. The molecule has 1 amide bonds. The van der Waals surface area contributed by atoms with Crippen LogP contribution in [-0.2, 0) is 14.8 Å². The van der Waals surface area contributed by atoms with E-state index in [0.29, 0.717) is 11.3 Å². The van der Waals surface area contributed by atoms with Crippen LogP contribution < -0.4 is 4.72 Å². The molecule has 0 fully saturated rings. The molecule has 8 heteroatoms. The van der Waals surface area contributed by atoms with Gasteiger partial charge in [-0.05, 0) is 50.1 Å². The van der Waals surface area contributed by atoms with Crippen LogP contribution in [0.5, 0.6) is 0 Å². The standard InChI is InChI=1S/C19H22N2O5S/c1-4-21(12-18(22)23)19(24)16-11-15(10-9-13(16)2)27(25,26)20-17-8-6-5-7-14(17)3/h5-11,20H,4,12H2,1-3H3,(H,22,23). The molecule has 0 bridgehead atoms. The minimum absolute atomic E-state index is 0.0638. The van der Waals surface area contributed by atoms with Gasteiger partial charge in [0.2, 0.25) is 0 Å². The Bertz CT molecular complexity index is 970. The fraction of sp³-hybridized carbons (Fsp3) is 0.263. The van der Waals surface area contributed by atoms with Gasteiger partial charge < -0.3 is 10.0 Å². The van der Waals surface area contributed by atoms with Crippen LogP contribution in [0.1, 0.15) is 28.4 Å². The first-order chi connectivity index (χ1) is 12.7. The van der Waals surface area contributed by atoms with Gasteiger partial charge in [0.15, 0.2) is 0 Å². The fourth-order valence-electron chi connectivity index (χ4n) is 2.55. The van der Waals surface area contributed by atoms with Crippen molar-refractivity contribution in [3.8, 4) is 0 Å². The van der Waals surface area contributed by atoms with Crippen molar-refractivity contribution >= 4 is 27.6 Å². The molecule has 2 N–H and O–H groups in total. The van der Waals surface area contributed by atoms with Gasteiger partial charge in [-0.2, -0.15) is 0 Å². The average Bonchev–Trinajstić information content (AvgIpc) is 2.61. The molecule has 2 aromatic carbocycles. The lowest BCUT2D eigenvalue weighted by molar-refractivity contribution is -0.137. The van der Waals surface area contributed by atoms with Gasteiger partial charge in [0.25, 0.3) is 15.9 Å². The molecule has 0 aliphatic rings. The molecule has 0 unspecified atom stereocenters. The smallest absolute Gasteiger partial charge is 0.323 e. The van der Waals surface area contributed by atoms with Crippen LogP contribution in [0, 0.1) is 13.8 Å². The van der Waals surface area contributed by atoms with Crippen molar-refractivity contribution in [3.05, 3.63) is 59.2 Å². The maximum Gasteiger partial charge on any atom is 0.323 e. The molecule has 0 saturated carbocycles. The highest BCUT2D eigenvalue weighted by Crippen LogP contribution is 2.22. The number of nitrogens with zero attached hydrogens (tertiary/aromatic N) is 1. The molecule has 27 heavy (non-hydrogen) atoms. The first-order valence-electron chi connectivity index (χ1n) is 8.36. The Morgan fingerprint density at radius 2 is 1.74 bits per heavy atom. The van der Waals surface area contributed by atoms with Gasteiger partial charge in [0, 0.05) is 12.1 Å². The van der Waals surface area contributed by atoms with E-state index in [4.69, 9.17) is 5.11 Å². The monoisotopic (exact) mass is 390 g/mol. The normalized spacial score (nSPS) is 11.1. The summed E-state index contributed by atoms with van der Waals surface area (Å²) in [6, 6.07) is 11.2. The van der Waals surface area contributed by atoms with E-state index in [1.54, 1.807) is 45.0 Å². The second-order valence-corrected chi connectivity index (χ2v) is 7.79. The zero-order valence-electron chi connectivity index (χ0n) is 15.4. The molecule has 2 aromatic rings. The van der Waals surface area contributed by atoms with E-state index in [1.807, 2.05) is 0 Å². The zero-order chi connectivity index (χ0) is 20.2. The molecule has 144 valence electrons. The average molecular weight is 390 g/mol. The molecule has 0 saturated heterocycles. The fourth-order valence-corrected chi connectivity index (χ4v) is 3.71. The summed E-state index contributed by atoms with van der Waals surface area (Å²) in [6.07, 6.45) is 0. The van der Waals surface area contributed by atoms with Crippen LogP contribution >= 0.6 is 0 Å². The summed E-state index contributed by atoms with van der Waals surface area (Å²) in [6.45, 7) is 4.87. The van der Waals surface area contributed by atoms with Crippen LogP contribution in [0.25, 0.3) is 0 Å². The number of nitrogens with one attached hydrogen (secondary N) is 1. The van der Waals surface area contributed by atoms with E-state index >= 15 is 0 Å². The van der Waals surface area contributed by atoms with E-state index < -0.39 is 28.4 Å². The second-order valence-electron chi connectivity index (χ2n) is 6.11. The van der Waals surface area contributed by atoms with Crippen molar-refractivity contribution in [2.75, 3.05) is 17.8 Å². The van der Waals surface area contributed by atoms with Gasteiger partial charge in [-0.15, -0.1) is 0 Å². The number of benzene rings is 2. The van der Waals surface area contributed by atoms with E-state index in [2.05, 4.69) is 4.72 Å². The minimum atomic E-state index is -3.90. The lowest BCUT2D eigenvalue weighted by Crippen LogP contribution is -2.36. The van der Waals surface area contributed by atoms with Crippen molar-refractivity contribution in [1.29, 1.82) is 0 Å². The van der Waals surface area contributed by atoms with Gasteiger partial charge in [-0.1, -0.05) is 24.3 Å². The Kier molecular flexibility index (Phi) is 6.22. The quantitative estimate of drug-likeness (QED) is 0.756. The summed E-state index contributed by atoms with van der Waals surface area (Å²) < 4.78 is 28.0. The molecule has 0 aromatic heterocycles. The van der Waals surface area contributed by atoms with Gasteiger partial charge >= 0.3 is 5.97 Å². The maximum atomic E-state index is 12.7. The number of hydrogen-bond acceptors (Lipinski definition) is 4. The van der Waals surface area contributed by atoms with Gasteiger partial charge in [0.05, 0.1) is 10.6 Å². The second kappa shape index (κ2) is 8.22. The summed E-state index contributed by atoms with van der Waals surface area (Å²) in [7, 11) is -3.90. The Morgan fingerprint density at radius 3 is 2.33 bits per heavy atom. The van der Waals surface area contributed by atoms with Crippen LogP contribution in [0.2, 0.25) is 0 Å². The van der Waals surface area contributed by atoms with Crippen LogP contribution in [0.3, 0.4) is 0 Å². The third-order valence-corrected chi connectivity index (χ3v) is 5.50. The predicted octanol–water partition coefficient (Wildman–Crippen LogP) is 2.65. The van der Waals surface area contributed by atoms with Crippen molar-refractivity contribution in [2.45, 2.75) is 25.7 Å². The molecule has 7 nitrogen and oxygen atoms in total. The predicted molar refractivity (Wildman–Crippen MR) is 102 cm³/mol. The number of para-hydroxylation sites is 1. The lowest BCUT2D eigenvalue weighted by atomic mass is 10.1. The van der Waals surface area contributed by atoms with E-state index in [1.165, 1.54) is 18.2 Å². The Hall–Kier alpha value is -2.87. The number of amides is 1. The largest absolute Gasteiger partial charge is 0.480 e. The lowest BCUT2D eigenvalue weighted by Gasteiger charge is -2.20. The highest BCUT2D eigenvalue weighted by atomic mass is 32.2. The number of carboxylic acids is 1. The molecule has 0 aliphatic heterocycles. The number of rotatable bonds is 7. The number of aryl methyl sites for hydroxylation is 2. The van der Waals surface area contributed by atoms with Crippen molar-refractivity contribution in [1.82, 2.24) is 4.90 Å². The zero-order valence-corrected chi connectivity index (χ0v) is 16.2. The highest BCUT2D eigenvalue weighted by molar-refractivity contribution is 7.92. The van der Waals surface area contributed by atoms with Crippen LogP contribution in [-0.4, -0.2) is 43.4 Å². The third-order valence-electron chi connectivity index (χ3n) is 4.13. The van der Waals surface area contributed by atoms with Crippen LogP contribution in [0.4, 0.5) is 5.69 Å². The number of anilines is 1. The number of carbonyl (C=O) groups excluding carboxylic acids is 1. The molecule has 2 rings (SSSR count). The SMILES string of the molecule is CCN(CC(=O)O)C(=O)c1cc(S(=O)(=O)Nc2ccccc2C)ccc1C. The highest BCUT2D eigenvalue weighted by Gasteiger charge is 2.22. The molecule has 0 spiro atoms. The summed E-state index contributed by atoms with van der Waals surface area (Å²) in [4.78, 5) is 24.7. The number of carbonyl (C=O) groups is 2. The minimum Gasteiger partial charge on any atom is -0.480 e. The summed E-state index contributed by atoms with van der Waals surface area (Å²) in [5.74, 6) is -1.65. The summed E-state index contributed by atoms with van der Waals surface area (Å²) >= 11 is 0. The van der Waals surface area contributed by atoms with E-state index in [9.17, 15) is 18.0 Å². The number of sulfonamides is 1. The number of carboxylic acid groups (broad SMARTS) is 1. The third kappa shape index (κ3) is 4.85. The van der Waals surface area contributed by atoms with Crippen molar-refractivity contribution in [3.63, 3.8) is 0 Å². The Labute approximate surface area is 158 Å². The Morgan fingerprint density at radius 1 is 1.07 bits per heavy atom. The van der Waals surface area contributed by atoms with Gasteiger partial charge in [0.1, 0.15) is 6.54 Å². The van der Waals surface area contributed by atoms with Crippen LogP contribution in [0.15, 0.2) is 47.4 Å². The molecule has 0 atom stereocenters. The first-order valence-corrected chi connectivity index (χ1v) is 9.84. The maximum absolute atomic E-state index is 12.7. The van der Waals surface area contributed by atoms with Gasteiger partial charge in [-0.25, -0.2) is 8.42 Å². The molecule has 0 aliphatic carbocycles. The van der Waals surface area contributed by atoms with E-state index in [-0.39, 0.29) is 17.0 Å². The van der Waals surface area contributed by atoms with Crippen molar-refractivity contribution < 1.29 is 23.1 Å². The number of likely N-dealkylation sites (N-methyl/N-ethyl adjacent to an activating group) is 1. The van der Waals surface area contributed by atoms with Crippen molar-refractivity contribution in [2.24, 2.45) is 0 Å². The summed E-state index contributed by atoms with van der Waals surface area (Å²) in [5.41, 5.74) is 1.94. The number of aliphatic carboxylic acids is 1. The van der Waals surface area contributed by atoms with Gasteiger partial charge in [-0.3, -0.25) is 14.3 Å². The van der Waals surface area contributed by atoms with E-state index in [0.717, 1.165) is 10.5 Å². The molecule has 0 heterocycles. The molecular formula is C19H22N2O5S. The molecular weight excluding hydrogens is 368 g/mol. The topological polar surface area (TPSA) is 104 Å². The number of hydrogen-bond donors (Lipinski definition) is 2. The Balaban J connectivity index is 2.40.